The third-order valence-corrected chi connectivity index (χ3v) is 21.7. The minimum absolute atomic E-state index is 0.00813. The summed E-state index contributed by atoms with van der Waals surface area (Å²) in [6.07, 6.45) is 0. The highest BCUT2D eigenvalue weighted by atomic mass is 15.2. The van der Waals surface area contributed by atoms with Crippen molar-refractivity contribution in [1.82, 2.24) is 0 Å². The van der Waals surface area contributed by atoms with Gasteiger partial charge in [0.1, 0.15) is 0 Å². The first-order valence-electron chi connectivity index (χ1n) is 31.4. The lowest BCUT2D eigenvalue weighted by Gasteiger charge is -2.43. The van der Waals surface area contributed by atoms with Crippen LogP contribution in [0.25, 0.3) is 76.1 Å². The minimum atomic E-state index is -0.00813. The van der Waals surface area contributed by atoms with Crippen LogP contribution in [0.4, 0.5) is 68.2 Å². The minimum Gasteiger partial charge on any atom is -0.345 e. The Kier molecular flexibility index (Phi) is 9.76. The predicted octanol–water partition coefficient (Wildman–Crippen LogP) is 12.8. The normalized spacial score (nSPS) is 14.4. The predicted molar refractivity (Wildman–Crippen MR) is 386 cm³/mol. The number of hydrogen-bond donors (Lipinski definition) is 0. The van der Waals surface area contributed by atoms with Gasteiger partial charge in [-0.05, 0) is 153 Å². The highest BCUT2D eigenvalue weighted by Gasteiger charge is 2.46. The van der Waals surface area contributed by atoms with Crippen LogP contribution in [0, 0.1) is 0 Å². The molecule has 0 unspecified atom stereocenters. The average molecular weight is 1130 g/mol. The number of nitrogens with zero attached hydrogens (tertiary/aromatic N) is 6. The van der Waals surface area contributed by atoms with E-state index in [1.165, 1.54) is 194 Å². The van der Waals surface area contributed by atoms with Crippen LogP contribution in [0.1, 0.15) is 0 Å². The van der Waals surface area contributed by atoms with E-state index < -0.39 is 0 Å². The Labute approximate surface area is 518 Å². The topological polar surface area (TPSA) is 19.4 Å². The Morgan fingerprint density at radius 1 is 0.213 bits per heavy atom. The quantitative estimate of drug-likeness (QED) is 0.160. The van der Waals surface area contributed by atoms with Crippen molar-refractivity contribution >= 4 is 191 Å². The van der Waals surface area contributed by atoms with Gasteiger partial charge in [-0.2, -0.15) is 0 Å². The molecule has 0 spiro atoms. The lowest BCUT2D eigenvalue weighted by atomic mass is 9.33. The highest BCUT2D eigenvalue weighted by Crippen LogP contribution is 2.49. The smallest absolute Gasteiger partial charge is 0.252 e. The maximum atomic E-state index is 2.56. The van der Waals surface area contributed by atoms with Crippen molar-refractivity contribution in [1.29, 1.82) is 0 Å². The van der Waals surface area contributed by atoms with Gasteiger partial charge in [-0.25, -0.2) is 0 Å². The molecule has 14 aromatic rings. The molecule has 0 saturated heterocycles. The summed E-state index contributed by atoms with van der Waals surface area (Å²) in [4.78, 5) is 14.8. The van der Waals surface area contributed by atoms with Gasteiger partial charge in [0, 0.05) is 137 Å². The van der Waals surface area contributed by atoms with Crippen LogP contribution in [0.15, 0.2) is 237 Å². The molecule has 0 atom stereocenters. The van der Waals surface area contributed by atoms with E-state index in [2.05, 4.69) is 308 Å². The molecule has 6 aliphatic rings. The van der Waals surface area contributed by atoms with Gasteiger partial charge in [-0.15, -0.1) is 0 Å². The molecule has 0 bridgehead atoms. The van der Waals surface area contributed by atoms with Crippen LogP contribution < -0.4 is 78.6 Å². The van der Waals surface area contributed by atoms with Gasteiger partial charge in [0.25, 0.3) is 20.1 Å². The molecule has 0 fully saturated rings. The molecule has 14 aromatic carbocycles. The number of hydrogen-bond acceptors (Lipinski definition) is 6. The molecule has 416 valence electrons. The molecule has 89 heavy (non-hydrogen) atoms. The largest absolute Gasteiger partial charge is 0.345 e. The Bertz CT molecular complexity index is 5570. The highest BCUT2D eigenvalue weighted by molar-refractivity contribution is 7.02. The fourth-order valence-corrected chi connectivity index (χ4v) is 17.9. The number of para-hydroxylation sites is 3. The third-order valence-electron chi connectivity index (χ3n) is 21.7. The summed E-state index contributed by atoms with van der Waals surface area (Å²) in [6.45, 7) is 0.195. The number of anilines is 12. The van der Waals surface area contributed by atoms with Crippen molar-refractivity contribution in [3.63, 3.8) is 0 Å². The van der Waals surface area contributed by atoms with Gasteiger partial charge in [-0.1, -0.05) is 182 Å². The number of fused-ring (bicyclic) bond motifs is 22. The average Bonchev–Trinajstić information content (AvgIpc) is 0.891. The van der Waals surface area contributed by atoms with E-state index in [4.69, 9.17) is 0 Å². The van der Waals surface area contributed by atoms with Crippen molar-refractivity contribution in [2.24, 2.45) is 0 Å². The van der Waals surface area contributed by atoms with E-state index in [0.717, 1.165) is 0 Å². The van der Waals surface area contributed by atoms with E-state index >= 15 is 0 Å². The molecule has 9 heteroatoms. The van der Waals surface area contributed by atoms with Crippen molar-refractivity contribution in [3.8, 4) is 22.3 Å². The summed E-state index contributed by atoms with van der Waals surface area (Å²) in [5, 5.41) is 12.6. The van der Waals surface area contributed by atoms with E-state index in [1.54, 1.807) is 0 Å². The SMILES string of the molecule is CN1c2ccccc2B2c3ccccc3N(C)c3c2c1cc1cc(-c2ccc4c(c2)B2c5ccc6ccccc6c5N(C)c5cc6cc(-c7cc8c(c9ccccc79)N(C)c7c9c(cc%10ccccc7%10)N(C)c7ccccc7B89)ccc6c(c52)N4C)ccc31. The van der Waals surface area contributed by atoms with Gasteiger partial charge in [0.05, 0.1) is 0 Å². The van der Waals surface area contributed by atoms with Crippen LogP contribution in [-0.4, -0.2) is 62.4 Å². The van der Waals surface area contributed by atoms with Crippen LogP contribution in [0.2, 0.25) is 0 Å². The van der Waals surface area contributed by atoms with Gasteiger partial charge in [0.2, 0.25) is 0 Å². The van der Waals surface area contributed by atoms with Crippen LogP contribution in [0.3, 0.4) is 0 Å². The Hall–Kier alpha value is -10.6. The maximum Gasteiger partial charge on any atom is 0.252 e. The van der Waals surface area contributed by atoms with Crippen LogP contribution >= 0.6 is 0 Å². The van der Waals surface area contributed by atoms with Crippen molar-refractivity contribution in [3.05, 3.63) is 237 Å². The van der Waals surface area contributed by atoms with Gasteiger partial charge < -0.3 is 29.4 Å². The first-order chi connectivity index (χ1) is 43.7. The standard InChI is InChI=1S/C80H57B3N6/c1-84-67-29-17-14-26-61(67)82-65-45-59(57-23-11-12-24-58(57)77(65)89(6)80-54-22-10-8-20-49(54)42-70(84)74(80)82)50-32-36-56-52(40-50)44-72-75-79(56)87(4)69-38-34-48(41-64(69)83(75)63-37-33-46-19-7-9-21-53(46)76(63)88(72)5)47-31-35-55-51(39-47)43-71-73-78(55)86(3)68-30-18-15-27-62(68)81(73)60-25-13-16-28-66(60)85(71)2/h7-45H,1-6H3. The molecule has 6 heterocycles. The number of rotatable bonds is 2. The molecule has 0 saturated carbocycles. The van der Waals surface area contributed by atoms with Crippen molar-refractivity contribution in [2.75, 3.05) is 71.7 Å². The molecule has 0 aliphatic carbocycles. The van der Waals surface area contributed by atoms with Crippen molar-refractivity contribution < 1.29 is 0 Å². The zero-order valence-corrected chi connectivity index (χ0v) is 50.4. The summed E-state index contributed by atoms with van der Waals surface area (Å²) < 4.78 is 0. The fourth-order valence-electron chi connectivity index (χ4n) is 17.9. The monoisotopic (exact) mass is 1130 g/mol. The zero-order valence-electron chi connectivity index (χ0n) is 50.4. The summed E-state index contributed by atoms with van der Waals surface area (Å²) in [5.74, 6) is 0. The number of benzene rings is 14. The van der Waals surface area contributed by atoms with E-state index in [-0.39, 0.29) is 20.1 Å². The zero-order chi connectivity index (χ0) is 59.0. The Morgan fingerprint density at radius 3 is 1.26 bits per heavy atom. The molecule has 20 rings (SSSR count). The van der Waals surface area contributed by atoms with Crippen LogP contribution in [-0.2, 0) is 0 Å². The lowest BCUT2D eigenvalue weighted by Crippen LogP contribution is -2.61. The summed E-state index contributed by atoms with van der Waals surface area (Å²) in [5.41, 5.74) is 32.4. The second-order valence-corrected chi connectivity index (χ2v) is 25.8. The molecule has 6 nitrogen and oxygen atoms in total. The maximum absolute atomic E-state index is 2.56. The molecule has 0 radical (unpaired) electrons. The fraction of sp³-hybridized carbons (Fsp3) is 0.0750. The van der Waals surface area contributed by atoms with E-state index in [9.17, 15) is 0 Å². The van der Waals surface area contributed by atoms with Gasteiger partial charge in [0.15, 0.2) is 0 Å². The molecule has 0 amide bonds. The summed E-state index contributed by atoms with van der Waals surface area (Å²) >= 11 is 0. The van der Waals surface area contributed by atoms with E-state index in [0.29, 0.717) is 0 Å². The van der Waals surface area contributed by atoms with Crippen molar-refractivity contribution in [2.45, 2.75) is 0 Å². The molecular formula is C80H57B3N6. The molecule has 0 aromatic heterocycles. The second-order valence-electron chi connectivity index (χ2n) is 25.8. The molecular weight excluding hydrogens is 1080 g/mol. The van der Waals surface area contributed by atoms with Crippen LogP contribution in [0.5, 0.6) is 0 Å². The Morgan fingerprint density at radius 2 is 0.618 bits per heavy atom. The first-order valence-corrected chi connectivity index (χ1v) is 31.4. The molecule has 6 aliphatic heterocycles. The molecule has 0 N–H and O–H groups in total. The first kappa shape index (κ1) is 49.5. The van der Waals surface area contributed by atoms with Gasteiger partial charge in [-0.3, -0.25) is 0 Å². The lowest BCUT2D eigenvalue weighted by molar-refractivity contribution is 1.19. The second kappa shape index (κ2) is 17.5. The van der Waals surface area contributed by atoms with Gasteiger partial charge >= 0.3 is 0 Å². The Balaban J connectivity index is 0.766. The third kappa shape index (κ3) is 6.34. The summed E-state index contributed by atoms with van der Waals surface area (Å²) in [6, 6.07) is 90.7. The van der Waals surface area contributed by atoms with E-state index in [1.807, 2.05) is 0 Å². The summed E-state index contributed by atoms with van der Waals surface area (Å²) in [7, 11) is 13.6.